The fourth-order valence-electron chi connectivity index (χ4n) is 2.38. The molecular formula is C18H21O2P. The quantitative estimate of drug-likeness (QED) is 0.456. The zero-order chi connectivity index (χ0) is 15.2. The number of aryl methyl sites for hydroxylation is 3. The van der Waals surface area contributed by atoms with E-state index in [1.165, 1.54) is 22.0 Å². The highest BCUT2D eigenvalue weighted by molar-refractivity contribution is 7.42. The zero-order valence-corrected chi connectivity index (χ0v) is 13.8. The Labute approximate surface area is 128 Å². The second-order valence-corrected chi connectivity index (χ2v) is 6.26. The SMILES string of the molecule is Cc1cc(C)c(POCCC(=O)c2ccccc2)c(C)c1. The van der Waals surface area contributed by atoms with Crippen molar-refractivity contribution in [2.24, 2.45) is 0 Å². The summed E-state index contributed by atoms with van der Waals surface area (Å²) >= 11 is 0. The Hall–Kier alpha value is -1.50. The molecule has 110 valence electrons. The largest absolute Gasteiger partial charge is 0.357 e. The summed E-state index contributed by atoms with van der Waals surface area (Å²) in [6.07, 6.45) is 0.432. The Kier molecular flexibility index (Phi) is 5.67. The summed E-state index contributed by atoms with van der Waals surface area (Å²) in [6.45, 7) is 6.80. The monoisotopic (exact) mass is 300 g/mol. The number of hydrogen-bond acceptors (Lipinski definition) is 2. The van der Waals surface area contributed by atoms with E-state index in [2.05, 4.69) is 32.9 Å². The molecule has 2 aromatic carbocycles. The van der Waals surface area contributed by atoms with Crippen molar-refractivity contribution in [3.8, 4) is 0 Å². The van der Waals surface area contributed by atoms with E-state index in [1.807, 2.05) is 30.3 Å². The van der Waals surface area contributed by atoms with Crippen molar-refractivity contribution in [1.82, 2.24) is 0 Å². The van der Waals surface area contributed by atoms with Gasteiger partial charge < -0.3 is 4.52 Å². The van der Waals surface area contributed by atoms with E-state index in [0.29, 0.717) is 21.8 Å². The summed E-state index contributed by atoms with van der Waals surface area (Å²) in [5, 5.41) is 1.26. The Bertz CT molecular complexity index is 597. The van der Waals surface area contributed by atoms with Crippen molar-refractivity contribution in [2.75, 3.05) is 6.61 Å². The number of rotatable bonds is 6. The van der Waals surface area contributed by atoms with E-state index >= 15 is 0 Å². The van der Waals surface area contributed by atoms with Gasteiger partial charge >= 0.3 is 0 Å². The van der Waals surface area contributed by atoms with Crippen molar-refractivity contribution < 1.29 is 9.32 Å². The minimum absolute atomic E-state index is 0.137. The van der Waals surface area contributed by atoms with Crippen LogP contribution in [-0.4, -0.2) is 12.4 Å². The maximum Gasteiger partial charge on any atom is 0.165 e. The molecule has 0 radical (unpaired) electrons. The van der Waals surface area contributed by atoms with E-state index < -0.39 is 0 Å². The third kappa shape index (κ3) is 4.49. The fourth-order valence-corrected chi connectivity index (χ4v) is 3.19. The first-order valence-corrected chi connectivity index (χ1v) is 8.02. The number of Topliss-reactive ketones (excluding diaryl/α,β-unsaturated/α-hetero) is 1. The molecule has 0 spiro atoms. The van der Waals surface area contributed by atoms with Crippen molar-refractivity contribution in [2.45, 2.75) is 27.2 Å². The van der Waals surface area contributed by atoms with E-state index in [0.717, 1.165) is 5.56 Å². The van der Waals surface area contributed by atoms with Gasteiger partial charge in [0.25, 0.3) is 0 Å². The second kappa shape index (κ2) is 7.49. The topological polar surface area (TPSA) is 26.3 Å². The van der Waals surface area contributed by atoms with Gasteiger partial charge in [-0.25, -0.2) is 0 Å². The Morgan fingerprint density at radius 2 is 1.67 bits per heavy atom. The lowest BCUT2D eigenvalue weighted by molar-refractivity contribution is 0.0966. The number of ketones is 1. The molecule has 2 nitrogen and oxygen atoms in total. The fraction of sp³-hybridized carbons (Fsp3) is 0.278. The van der Waals surface area contributed by atoms with Crippen molar-refractivity contribution in [1.29, 1.82) is 0 Å². The molecule has 0 aromatic heterocycles. The normalized spacial score (nSPS) is 11.2. The molecule has 1 unspecified atom stereocenters. The lowest BCUT2D eigenvalue weighted by Gasteiger charge is -2.11. The molecule has 0 saturated heterocycles. The van der Waals surface area contributed by atoms with Crippen molar-refractivity contribution >= 4 is 19.9 Å². The molecular weight excluding hydrogens is 279 g/mol. The Morgan fingerprint density at radius 1 is 1.05 bits per heavy atom. The summed E-state index contributed by atoms with van der Waals surface area (Å²) in [7, 11) is 0.304. The van der Waals surface area contributed by atoms with Gasteiger partial charge in [-0.15, -0.1) is 0 Å². The third-order valence-corrected chi connectivity index (χ3v) is 4.72. The predicted molar refractivity (Wildman–Crippen MR) is 89.9 cm³/mol. The van der Waals surface area contributed by atoms with Gasteiger partial charge in [-0.05, 0) is 31.9 Å². The highest BCUT2D eigenvalue weighted by Gasteiger charge is 2.07. The van der Waals surface area contributed by atoms with Gasteiger partial charge in [0, 0.05) is 26.1 Å². The van der Waals surface area contributed by atoms with E-state index in [4.69, 9.17) is 4.52 Å². The Balaban J connectivity index is 1.84. The first kappa shape index (κ1) is 15.9. The van der Waals surface area contributed by atoms with Gasteiger partial charge in [0.15, 0.2) is 5.78 Å². The summed E-state index contributed by atoms with van der Waals surface area (Å²) in [5.74, 6) is 0.137. The highest BCUT2D eigenvalue weighted by atomic mass is 31.1. The molecule has 0 aliphatic heterocycles. The van der Waals surface area contributed by atoms with Crippen LogP contribution in [0.4, 0.5) is 0 Å². The molecule has 0 amide bonds. The van der Waals surface area contributed by atoms with Crippen LogP contribution >= 0.6 is 8.81 Å². The van der Waals surface area contributed by atoms with E-state index in [-0.39, 0.29) is 5.78 Å². The molecule has 2 rings (SSSR count). The van der Waals surface area contributed by atoms with Crippen LogP contribution < -0.4 is 5.30 Å². The molecule has 21 heavy (non-hydrogen) atoms. The summed E-state index contributed by atoms with van der Waals surface area (Å²) < 4.78 is 5.72. The third-order valence-electron chi connectivity index (χ3n) is 3.38. The van der Waals surface area contributed by atoms with Crippen molar-refractivity contribution in [3.63, 3.8) is 0 Å². The van der Waals surface area contributed by atoms with Crippen LogP contribution in [0.5, 0.6) is 0 Å². The smallest absolute Gasteiger partial charge is 0.165 e. The predicted octanol–water partition coefficient (Wildman–Crippen LogP) is 4.12. The average Bonchev–Trinajstić information content (AvgIpc) is 2.46. The van der Waals surface area contributed by atoms with E-state index in [1.54, 1.807) is 0 Å². The molecule has 1 atom stereocenters. The zero-order valence-electron chi connectivity index (χ0n) is 12.8. The van der Waals surface area contributed by atoms with Crippen LogP contribution in [0, 0.1) is 20.8 Å². The molecule has 0 heterocycles. The second-order valence-electron chi connectivity index (χ2n) is 5.26. The molecule has 3 heteroatoms. The highest BCUT2D eigenvalue weighted by Crippen LogP contribution is 2.19. The molecule has 0 N–H and O–H groups in total. The molecule has 0 aliphatic rings. The average molecular weight is 300 g/mol. The number of carbonyl (C=O) groups excluding carboxylic acids is 1. The summed E-state index contributed by atoms with van der Waals surface area (Å²) in [6, 6.07) is 13.7. The van der Waals surface area contributed by atoms with Gasteiger partial charge in [0.1, 0.15) is 0 Å². The van der Waals surface area contributed by atoms with Crippen molar-refractivity contribution in [3.05, 3.63) is 64.7 Å². The van der Waals surface area contributed by atoms with Crippen LogP contribution in [0.3, 0.4) is 0 Å². The van der Waals surface area contributed by atoms with Crippen LogP contribution in [0.1, 0.15) is 33.5 Å². The lowest BCUT2D eigenvalue weighted by Crippen LogP contribution is -2.08. The number of benzene rings is 2. The van der Waals surface area contributed by atoms with Gasteiger partial charge in [-0.3, -0.25) is 4.79 Å². The summed E-state index contributed by atoms with van der Waals surface area (Å²) in [5.41, 5.74) is 4.56. The molecule has 0 saturated carbocycles. The lowest BCUT2D eigenvalue weighted by atomic mass is 10.1. The van der Waals surface area contributed by atoms with Crippen LogP contribution in [-0.2, 0) is 4.52 Å². The Morgan fingerprint density at radius 3 is 2.29 bits per heavy atom. The van der Waals surface area contributed by atoms with Crippen LogP contribution in [0.15, 0.2) is 42.5 Å². The van der Waals surface area contributed by atoms with Gasteiger partial charge in [-0.1, -0.05) is 48.0 Å². The molecule has 0 fully saturated rings. The van der Waals surface area contributed by atoms with Crippen LogP contribution in [0.2, 0.25) is 0 Å². The first-order chi connectivity index (χ1) is 10.1. The van der Waals surface area contributed by atoms with Gasteiger partial charge in [0.05, 0.1) is 6.61 Å². The maximum atomic E-state index is 12.0. The van der Waals surface area contributed by atoms with Crippen LogP contribution in [0.25, 0.3) is 0 Å². The van der Waals surface area contributed by atoms with E-state index in [9.17, 15) is 4.79 Å². The minimum atomic E-state index is 0.137. The maximum absolute atomic E-state index is 12.0. The number of carbonyl (C=O) groups is 1. The molecule has 2 aromatic rings. The summed E-state index contributed by atoms with van der Waals surface area (Å²) in [4.78, 5) is 12.0. The molecule has 0 bridgehead atoms. The minimum Gasteiger partial charge on any atom is -0.357 e. The standard InChI is InChI=1S/C18H21O2P/c1-13-11-14(2)18(15(3)12-13)21-20-10-9-17(19)16-7-5-4-6-8-16/h4-8,11-12,21H,9-10H2,1-3H3. The van der Waals surface area contributed by atoms with Gasteiger partial charge in [0.2, 0.25) is 0 Å². The molecule has 0 aliphatic carbocycles. The van der Waals surface area contributed by atoms with Gasteiger partial charge in [-0.2, -0.15) is 0 Å². The number of hydrogen-bond donors (Lipinski definition) is 0. The first-order valence-electron chi connectivity index (χ1n) is 7.12.